The maximum absolute atomic E-state index is 12.1. The van der Waals surface area contributed by atoms with E-state index in [-0.39, 0.29) is 0 Å². The van der Waals surface area contributed by atoms with Crippen LogP contribution in [0.5, 0.6) is 0 Å². The quantitative estimate of drug-likeness (QED) is 0.657. The molecule has 2 aliphatic rings. The van der Waals surface area contributed by atoms with Gasteiger partial charge in [0.15, 0.2) is 4.90 Å². The monoisotopic (exact) mass is 400 g/mol. The summed E-state index contributed by atoms with van der Waals surface area (Å²) in [5.74, 6) is 1.69. The van der Waals surface area contributed by atoms with Gasteiger partial charge in [-0.15, -0.1) is 11.8 Å². The van der Waals surface area contributed by atoms with E-state index in [0.717, 1.165) is 42.0 Å². The van der Waals surface area contributed by atoms with Crippen LogP contribution in [0, 0.1) is 0 Å². The van der Waals surface area contributed by atoms with Crippen molar-refractivity contribution in [3.8, 4) is 0 Å². The lowest BCUT2D eigenvalue weighted by atomic mass is 9.95. The van der Waals surface area contributed by atoms with Gasteiger partial charge in [-0.1, -0.05) is 20.8 Å². The third-order valence-corrected chi connectivity index (χ3v) is 8.61. The third kappa shape index (κ3) is 4.20. The highest BCUT2D eigenvalue weighted by Crippen LogP contribution is 2.40. The number of thioether (sulfide) groups is 1. The summed E-state index contributed by atoms with van der Waals surface area (Å²) >= 11 is 1.18. The standard InChI is InChI=1S/C22H28N2OS2/c1-14(2)19-11-21-17(12-23-19)6-7-18(26-21)9-15(3)20-10-16-5-4-8-27(25)22(16)13-24-20/h10-15,18H,4-9H2,1-3H3. The Labute approximate surface area is 170 Å². The molecule has 2 aromatic heterocycles. The van der Waals surface area contributed by atoms with Gasteiger partial charge in [0.1, 0.15) is 5.75 Å². The lowest BCUT2D eigenvalue weighted by Gasteiger charge is -2.27. The minimum atomic E-state index is -0.847. The molecule has 4 rings (SSSR count). The van der Waals surface area contributed by atoms with Crippen molar-refractivity contribution in [3.63, 3.8) is 0 Å². The summed E-state index contributed by atoms with van der Waals surface area (Å²) in [7, 11) is 0. The van der Waals surface area contributed by atoms with Crippen molar-refractivity contribution in [2.45, 2.75) is 79.8 Å². The Hall–Kier alpha value is -1.04. The first kappa shape index (κ1) is 19.3. The molecule has 0 bridgehead atoms. The lowest BCUT2D eigenvalue weighted by molar-refractivity contribution is 0.579. The molecular formula is C22H28N2OS2. The Kier molecular flexibility index (Phi) is 5.81. The summed E-state index contributed by atoms with van der Waals surface area (Å²) in [6.07, 6.45) is 9.50. The largest absolute Gasteiger partial charge is 0.611 e. The van der Waals surface area contributed by atoms with Gasteiger partial charge in [-0.05, 0) is 72.8 Å². The number of aromatic nitrogens is 2. The van der Waals surface area contributed by atoms with Gasteiger partial charge < -0.3 is 4.55 Å². The average Bonchev–Trinajstić information content (AvgIpc) is 2.67. The first-order chi connectivity index (χ1) is 13.0. The summed E-state index contributed by atoms with van der Waals surface area (Å²) in [6.45, 7) is 6.70. The molecule has 2 aromatic rings. The summed E-state index contributed by atoms with van der Waals surface area (Å²) in [5.41, 5.74) is 5.02. The van der Waals surface area contributed by atoms with E-state index in [1.165, 1.54) is 28.1 Å². The van der Waals surface area contributed by atoms with E-state index in [1.54, 1.807) is 0 Å². The van der Waals surface area contributed by atoms with Gasteiger partial charge in [0.25, 0.3) is 0 Å². The highest BCUT2D eigenvalue weighted by molar-refractivity contribution is 8.00. The predicted molar refractivity (Wildman–Crippen MR) is 113 cm³/mol. The fourth-order valence-electron chi connectivity index (χ4n) is 4.01. The Morgan fingerprint density at radius 1 is 1.11 bits per heavy atom. The molecule has 0 aliphatic carbocycles. The SMILES string of the molecule is CC(C)c1cc2c(cn1)CCC(CC(C)c1cc3c(cn1)[S+]([O-])CCC3)S2. The van der Waals surface area contributed by atoms with E-state index < -0.39 is 11.2 Å². The van der Waals surface area contributed by atoms with Crippen LogP contribution in [0.1, 0.15) is 74.4 Å². The summed E-state index contributed by atoms with van der Waals surface area (Å²) in [6, 6.07) is 4.52. The number of pyridine rings is 2. The molecule has 4 heterocycles. The molecule has 3 nitrogen and oxygen atoms in total. The van der Waals surface area contributed by atoms with Gasteiger partial charge in [0.05, 0.1) is 6.20 Å². The lowest BCUT2D eigenvalue weighted by Crippen LogP contribution is -2.18. The van der Waals surface area contributed by atoms with Crippen molar-refractivity contribution in [2.24, 2.45) is 0 Å². The molecule has 0 N–H and O–H groups in total. The predicted octanol–water partition coefficient (Wildman–Crippen LogP) is 5.25. The van der Waals surface area contributed by atoms with E-state index in [2.05, 4.69) is 49.1 Å². The molecule has 144 valence electrons. The Bertz CT molecular complexity index is 824. The van der Waals surface area contributed by atoms with Gasteiger partial charge in [0.2, 0.25) is 0 Å². The first-order valence-electron chi connectivity index (χ1n) is 10.0. The second-order valence-electron chi connectivity index (χ2n) is 8.16. The van der Waals surface area contributed by atoms with Crippen molar-refractivity contribution in [3.05, 3.63) is 47.0 Å². The summed E-state index contributed by atoms with van der Waals surface area (Å²) in [5, 5.41) is 0.627. The molecular weight excluding hydrogens is 372 g/mol. The number of aryl methyl sites for hydroxylation is 2. The summed E-state index contributed by atoms with van der Waals surface area (Å²) in [4.78, 5) is 11.7. The molecule has 0 saturated heterocycles. The molecule has 2 aliphatic heterocycles. The first-order valence-corrected chi connectivity index (χ1v) is 12.2. The number of fused-ring (bicyclic) bond motifs is 2. The molecule has 5 heteroatoms. The molecule has 0 amide bonds. The fraction of sp³-hybridized carbons (Fsp3) is 0.545. The molecule has 3 unspecified atom stereocenters. The Morgan fingerprint density at radius 2 is 1.93 bits per heavy atom. The van der Waals surface area contributed by atoms with Crippen LogP contribution in [0.25, 0.3) is 0 Å². The van der Waals surface area contributed by atoms with Crippen LogP contribution < -0.4 is 0 Å². The van der Waals surface area contributed by atoms with E-state index in [1.807, 2.05) is 18.0 Å². The Morgan fingerprint density at radius 3 is 2.74 bits per heavy atom. The van der Waals surface area contributed by atoms with Crippen LogP contribution in [0.3, 0.4) is 0 Å². The Balaban J connectivity index is 1.46. The van der Waals surface area contributed by atoms with E-state index >= 15 is 0 Å². The topological polar surface area (TPSA) is 48.8 Å². The molecule has 0 aromatic carbocycles. The molecule has 0 radical (unpaired) electrons. The van der Waals surface area contributed by atoms with Crippen molar-refractivity contribution in [1.82, 2.24) is 9.97 Å². The van der Waals surface area contributed by atoms with Gasteiger partial charge in [-0.25, -0.2) is 0 Å². The van der Waals surface area contributed by atoms with Crippen LogP contribution in [-0.4, -0.2) is 25.5 Å². The second-order valence-corrected chi connectivity index (χ2v) is 11.0. The molecule has 3 atom stereocenters. The van der Waals surface area contributed by atoms with E-state index in [0.29, 0.717) is 17.1 Å². The zero-order valence-corrected chi connectivity index (χ0v) is 18.0. The van der Waals surface area contributed by atoms with Gasteiger partial charge in [0, 0.05) is 33.3 Å². The number of hydrogen-bond donors (Lipinski definition) is 0. The van der Waals surface area contributed by atoms with Crippen LogP contribution >= 0.6 is 11.8 Å². The van der Waals surface area contributed by atoms with Gasteiger partial charge in [-0.3, -0.25) is 9.97 Å². The minimum absolute atomic E-state index is 0.427. The average molecular weight is 401 g/mol. The maximum Gasteiger partial charge on any atom is 0.174 e. The minimum Gasteiger partial charge on any atom is -0.611 e. The van der Waals surface area contributed by atoms with Crippen LogP contribution in [0.4, 0.5) is 0 Å². The van der Waals surface area contributed by atoms with Crippen molar-refractivity contribution in [1.29, 1.82) is 0 Å². The summed E-state index contributed by atoms with van der Waals surface area (Å²) < 4.78 is 12.1. The van der Waals surface area contributed by atoms with E-state index in [4.69, 9.17) is 0 Å². The zero-order chi connectivity index (χ0) is 19.0. The van der Waals surface area contributed by atoms with Crippen LogP contribution in [0.2, 0.25) is 0 Å². The third-order valence-electron chi connectivity index (χ3n) is 5.70. The zero-order valence-electron chi connectivity index (χ0n) is 16.4. The molecule has 0 saturated carbocycles. The highest BCUT2D eigenvalue weighted by atomic mass is 32.2. The van der Waals surface area contributed by atoms with Crippen LogP contribution in [-0.2, 0) is 24.0 Å². The van der Waals surface area contributed by atoms with Gasteiger partial charge >= 0.3 is 0 Å². The molecule has 0 spiro atoms. The highest BCUT2D eigenvalue weighted by Gasteiger charge is 2.26. The van der Waals surface area contributed by atoms with Crippen molar-refractivity contribution >= 4 is 22.9 Å². The molecule has 27 heavy (non-hydrogen) atoms. The number of nitrogens with zero attached hydrogens (tertiary/aromatic N) is 2. The number of hydrogen-bond acceptors (Lipinski definition) is 4. The van der Waals surface area contributed by atoms with Crippen molar-refractivity contribution in [2.75, 3.05) is 5.75 Å². The maximum atomic E-state index is 12.1. The smallest absolute Gasteiger partial charge is 0.174 e. The van der Waals surface area contributed by atoms with Crippen LogP contribution in [0.15, 0.2) is 34.3 Å². The molecule has 0 fully saturated rings. The van der Waals surface area contributed by atoms with Crippen molar-refractivity contribution < 1.29 is 4.55 Å². The van der Waals surface area contributed by atoms with Gasteiger partial charge in [-0.2, -0.15) is 0 Å². The normalized spacial score (nSPS) is 23.0. The van der Waals surface area contributed by atoms with E-state index in [9.17, 15) is 4.55 Å². The number of rotatable bonds is 4. The fourth-order valence-corrected chi connectivity index (χ4v) is 6.73. The second kappa shape index (κ2) is 8.14.